The maximum atomic E-state index is 3.52. The van der Waals surface area contributed by atoms with E-state index >= 15 is 0 Å². The lowest BCUT2D eigenvalue weighted by Crippen LogP contribution is -2.63. The summed E-state index contributed by atoms with van der Waals surface area (Å²) in [4.78, 5) is 0. The molecular formula is C22H33N3Si. The number of nitrogens with zero attached hydrogens (tertiary/aromatic N) is 1. The van der Waals surface area contributed by atoms with Crippen LogP contribution in [0.15, 0.2) is 54.6 Å². The van der Waals surface area contributed by atoms with Crippen LogP contribution in [0.1, 0.15) is 24.8 Å². The molecule has 0 bridgehead atoms. The predicted octanol–water partition coefficient (Wildman–Crippen LogP) is 4.11. The van der Waals surface area contributed by atoms with E-state index in [0.29, 0.717) is 11.8 Å². The smallest absolute Gasteiger partial charge is 0.129 e. The maximum absolute atomic E-state index is 3.52. The third-order valence-electron chi connectivity index (χ3n) is 7.06. The minimum absolute atomic E-state index is 0.547. The third kappa shape index (κ3) is 3.24. The van der Waals surface area contributed by atoms with Gasteiger partial charge >= 0.3 is 0 Å². The van der Waals surface area contributed by atoms with Crippen LogP contribution in [0.2, 0.25) is 18.6 Å². The van der Waals surface area contributed by atoms with E-state index in [9.17, 15) is 0 Å². The van der Waals surface area contributed by atoms with Crippen molar-refractivity contribution >= 4 is 8.24 Å². The van der Waals surface area contributed by atoms with Gasteiger partial charge in [-0.15, -0.1) is 0 Å². The Morgan fingerprint density at radius 1 is 1.00 bits per heavy atom. The molecule has 3 aliphatic rings. The average Bonchev–Trinajstić information content (AvgIpc) is 2.86. The van der Waals surface area contributed by atoms with Gasteiger partial charge in [0.25, 0.3) is 0 Å². The fourth-order valence-electron chi connectivity index (χ4n) is 5.89. The Kier molecular flexibility index (Phi) is 5.19. The van der Waals surface area contributed by atoms with Crippen molar-refractivity contribution in [3.05, 3.63) is 60.2 Å². The van der Waals surface area contributed by atoms with Crippen molar-refractivity contribution in [3.8, 4) is 0 Å². The molecule has 5 unspecified atom stereocenters. The first-order valence-electron chi connectivity index (χ1n) is 10.2. The van der Waals surface area contributed by atoms with Crippen molar-refractivity contribution < 1.29 is 0 Å². The number of rotatable bonds is 3. The highest BCUT2D eigenvalue weighted by atomic mass is 28.3. The van der Waals surface area contributed by atoms with Gasteiger partial charge in [0, 0.05) is 25.9 Å². The number of fused-ring (bicyclic) bond motifs is 1. The molecule has 4 rings (SSSR count). The largest absolute Gasteiger partial charge is 0.299 e. The molecule has 5 atom stereocenters. The van der Waals surface area contributed by atoms with Gasteiger partial charge in [-0.2, -0.15) is 0 Å². The minimum Gasteiger partial charge on any atom is -0.299 e. The summed E-state index contributed by atoms with van der Waals surface area (Å²) < 4.78 is 2.73. The molecule has 1 aromatic carbocycles. The first kappa shape index (κ1) is 18.2. The monoisotopic (exact) mass is 367 g/mol. The second-order valence-electron chi connectivity index (χ2n) is 8.87. The molecule has 3 nitrogen and oxygen atoms in total. The van der Waals surface area contributed by atoms with Gasteiger partial charge in [-0.25, -0.2) is 0 Å². The lowest BCUT2D eigenvalue weighted by atomic mass is 9.80. The molecule has 2 fully saturated rings. The molecule has 26 heavy (non-hydrogen) atoms. The van der Waals surface area contributed by atoms with Crippen molar-refractivity contribution in [2.24, 2.45) is 17.8 Å². The van der Waals surface area contributed by atoms with Crippen LogP contribution in [0.25, 0.3) is 0 Å². The van der Waals surface area contributed by atoms with E-state index in [1.54, 1.807) is 0 Å². The zero-order valence-electron chi connectivity index (χ0n) is 16.4. The normalized spacial score (nSPS) is 35.3. The molecule has 1 saturated carbocycles. The first-order chi connectivity index (χ1) is 12.6. The SMILES string of the molecule is CC1CC2C(c3ccccc3)C=CC=CC2C1[Si](C)(C)N1CNCNC1. The molecular weight excluding hydrogens is 334 g/mol. The summed E-state index contributed by atoms with van der Waals surface area (Å²) in [5.74, 6) is 2.75. The highest BCUT2D eigenvalue weighted by molar-refractivity contribution is 6.76. The van der Waals surface area contributed by atoms with Gasteiger partial charge in [-0.1, -0.05) is 74.7 Å². The Morgan fingerprint density at radius 3 is 2.42 bits per heavy atom. The lowest BCUT2D eigenvalue weighted by Gasteiger charge is -2.47. The van der Waals surface area contributed by atoms with E-state index in [1.165, 1.54) is 12.0 Å². The van der Waals surface area contributed by atoms with Crippen LogP contribution in [0.5, 0.6) is 0 Å². The molecule has 1 heterocycles. The molecule has 140 valence electrons. The number of benzene rings is 1. The summed E-state index contributed by atoms with van der Waals surface area (Å²) in [6.07, 6.45) is 10.9. The third-order valence-corrected chi connectivity index (χ3v) is 11.6. The van der Waals surface area contributed by atoms with Gasteiger partial charge in [0.05, 0.1) is 0 Å². The summed E-state index contributed by atoms with van der Waals surface area (Å²) in [6, 6.07) is 11.1. The van der Waals surface area contributed by atoms with E-state index in [-0.39, 0.29) is 0 Å². The maximum Gasteiger partial charge on any atom is 0.129 e. The van der Waals surface area contributed by atoms with Gasteiger partial charge in [0.15, 0.2) is 0 Å². The average molecular weight is 368 g/mol. The minimum atomic E-state index is -1.56. The molecule has 2 aliphatic carbocycles. The number of hydrogen-bond acceptors (Lipinski definition) is 3. The number of hydrogen-bond donors (Lipinski definition) is 2. The standard InChI is InChI=1S/C22H33N3Si/c1-17-13-21-19(18-9-5-4-6-10-18)11-7-8-12-20(21)22(17)26(2,3)25-15-23-14-24-16-25/h4-12,17,19-24H,13-16H2,1-3H3. The van der Waals surface area contributed by atoms with Gasteiger partial charge < -0.3 is 0 Å². The molecule has 0 amide bonds. The fraction of sp³-hybridized carbons (Fsp3) is 0.545. The predicted molar refractivity (Wildman–Crippen MR) is 112 cm³/mol. The van der Waals surface area contributed by atoms with Gasteiger partial charge in [-0.3, -0.25) is 15.2 Å². The number of allylic oxidation sites excluding steroid dienone is 4. The van der Waals surface area contributed by atoms with Crippen molar-refractivity contribution in [1.29, 1.82) is 0 Å². The zero-order chi connectivity index (χ0) is 18.1. The van der Waals surface area contributed by atoms with Crippen LogP contribution in [0.4, 0.5) is 0 Å². The van der Waals surface area contributed by atoms with E-state index < -0.39 is 8.24 Å². The highest BCUT2D eigenvalue weighted by Crippen LogP contribution is 2.56. The Bertz CT molecular complexity index is 663. The summed E-state index contributed by atoms with van der Waals surface area (Å²) >= 11 is 0. The molecule has 2 N–H and O–H groups in total. The Balaban J connectivity index is 1.64. The molecule has 1 saturated heterocycles. The van der Waals surface area contributed by atoms with Crippen LogP contribution in [0.3, 0.4) is 0 Å². The Morgan fingerprint density at radius 2 is 1.69 bits per heavy atom. The summed E-state index contributed by atoms with van der Waals surface area (Å²) in [7, 11) is -1.56. The van der Waals surface area contributed by atoms with Crippen molar-refractivity contribution in [2.75, 3.05) is 20.0 Å². The van der Waals surface area contributed by atoms with Crippen LogP contribution in [-0.2, 0) is 0 Å². The van der Waals surface area contributed by atoms with E-state index in [1.807, 2.05) is 0 Å². The van der Waals surface area contributed by atoms with E-state index in [0.717, 1.165) is 37.4 Å². The lowest BCUT2D eigenvalue weighted by molar-refractivity contribution is 0.279. The van der Waals surface area contributed by atoms with Crippen molar-refractivity contribution in [1.82, 2.24) is 15.2 Å². The van der Waals surface area contributed by atoms with E-state index in [4.69, 9.17) is 0 Å². The highest BCUT2D eigenvalue weighted by Gasteiger charge is 2.52. The second-order valence-corrected chi connectivity index (χ2v) is 13.5. The zero-order valence-corrected chi connectivity index (χ0v) is 17.4. The molecule has 0 spiro atoms. The van der Waals surface area contributed by atoms with Gasteiger partial charge in [0.2, 0.25) is 0 Å². The van der Waals surface area contributed by atoms with Crippen LogP contribution >= 0.6 is 0 Å². The van der Waals surface area contributed by atoms with Crippen LogP contribution < -0.4 is 10.6 Å². The van der Waals surface area contributed by atoms with Gasteiger partial charge in [-0.05, 0) is 35.3 Å². The fourth-order valence-corrected chi connectivity index (χ4v) is 10.2. The van der Waals surface area contributed by atoms with Crippen molar-refractivity contribution in [3.63, 3.8) is 0 Å². The Hall–Kier alpha value is -1.20. The quantitative estimate of drug-likeness (QED) is 0.787. The molecule has 0 radical (unpaired) electrons. The second kappa shape index (κ2) is 7.43. The summed E-state index contributed by atoms with van der Waals surface area (Å²) in [5, 5.41) is 7.03. The van der Waals surface area contributed by atoms with Crippen LogP contribution in [0, 0.1) is 17.8 Å². The molecule has 1 aliphatic heterocycles. The number of nitrogens with one attached hydrogen (secondary N) is 2. The Labute approximate surface area is 159 Å². The van der Waals surface area contributed by atoms with Gasteiger partial charge in [0.1, 0.15) is 8.24 Å². The van der Waals surface area contributed by atoms with Crippen LogP contribution in [-0.4, -0.2) is 32.8 Å². The molecule has 4 heteroatoms. The molecule has 1 aromatic rings. The summed E-state index contributed by atoms with van der Waals surface area (Å²) in [5.41, 5.74) is 2.28. The van der Waals surface area contributed by atoms with E-state index in [2.05, 4.69) is 89.9 Å². The summed E-state index contributed by atoms with van der Waals surface area (Å²) in [6.45, 7) is 10.7. The molecule has 0 aromatic heterocycles. The topological polar surface area (TPSA) is 27.3 Å². The van der Waals surface area contributed by atoms with Crippen molar-refractivity contribution in [2.45, 2.75) is 37.9 Å². The first-order valence-corrected chi connectivity index (χ1v) is 13.2.